The Kier molecular flexibility index (Phi) is 6.45. The van der Waals surface area contributed by atoms with Gasteiger partial charge < -0.3 is 18.8 Å². The number of carbonyl (C=O) groups is 2. The van der Waals surface area contributed by atoms with Gasteiger partial charge in [-0.1, -0.05) is 60.7 Å². The molecule has 0 aliphatic heterocycles. The Morgan fingerprint density at radius 1 is 0.909 bits per heavy atom. The highest BCUT2D eigenvalue weighted by Crippen LogP contribution is 2.47. The molecule has 4 aromatic rings. The topological polar surface area (TPSA) is 66.8 Å². The van der Waals surface area contributed by atoms with Gasteiger partial charge in [-0.3, -0.25) is 9.59 Å². The molecule has 0 saturated heterocycles. The van der Waals surface area contributed by atoms with Gasteiger partial charge in [-0.2, -0.15) is 0 Å². The number of rotatable bonds is 8. The summed E-state index contributed by atoms with van der Waals surface area (Å²) in [5, 5.41) is 0.731. The van der Waals surface area contributed by atoms with E-state index in [2.05, 4.69) is 0 Å². The van der Waals surface area contributed by atoms with Crippen molar-refractivity contribution in [3.8, 4) is 33.9 Å². The maximum atomic E-state index is 12.7. The summed E-state index contributed by atoms with van der Waals surface area (Å²) < 4.78 is 18.4. The summed E-state index contributed by atoms with van der Waals surface area (Å²) in [5.41, 5.74) is 4.39. The number of methoxy groups -OCH3 is 2. The van der Waals surface area contributed by atoms with Crippen molar-refractivity contribution in [3.63, 3.8) is 0 Å². The predicted octanol–water partition coefficient (Wildman–Crippen LogP) is 5.37. The number of esters is 1. The molecule has 6 heteroatoms. The van der Waals surface area contributed by atoms with Crippen LogP contribution in [0.25, 0.3) is 33.3 Å². The van der Waals surface area contributed by atoms with Crippen LogP contribution in [0.5, 0.6) is 11.5 Å². The number of aromatic nitrogens is 1. The van der Waals surface area contributed by atoms with Crippen molar-refractivity contribution in [3.05, 3.63) is 72.3 Å². The Morgan fingerprint density at radius 2 is 1.52 bits per heavy atom. The number of ether oxygens (including phenoxy) is 3. The lowest BCUT2D eigenvalue weighted by molar-refractivity contribution is -0.143. The molecule has 0 saturated carbocycles. The van der Waals surface area contributed by atoms with E-state index >= 15 is 0 Å². The van der Waals surface area contributed by atoms with Crippen LogP contribution in [0.4, 0.5) is 0 Å². The molecule has 0 aliphatic rings. The lowest BCUT2D eigenvalue weighted by Crippen LogP contribution is -2.15. The molecule has 33 heavy (non-hydrogen) atoms. The molecule has 4 rings (SSSR count). The lowest BCUT2D eigenvalue weighted by atomic mass is 9.97. The number of benzene rings is 3. The van der Waals surface area contributed by atoms with Crippen LogP contribution in [0.1, 0.15) is 17.3 Å². The average molecular weight is 443 g/mol. The quantitative estimate of drug-likeness (QED) is 0.271. The van der Waals surface area contributed by atoms with Crippen LogP contribution < -0.4 is 9.47 Å². The fourth-order valence-corrected chi connectivity index (χ4v) is 4.24. The summed E-state index contributed by atoms with van der Waals surface area (Å²) in [6.45, 7) is 1.96. The minimum atomic E-state index is -0.398. The van der Waals surface area contributed by atoms with E-state index in [4.69, 9.17) is 14.2 Å². The first-order valence-corrected chi connectivity index (χ1v) is 10.7. The fourth-order valence-electron chi connectivity index (χ4n) is 4.24. The first-order chi connectivity index (χ1) is 16.1. The second kappa shape index (κ2) is 9.61. The minimum absolute atomic E-state index is 0.0709. The fraction of sp³-hybridized carbons (Fsp3) is 0.185. The van der Waals surface area contributed by atoms with Crippen molar-refractivity contribution < 1.29 is 23.8 Å². The van der Waals surface area contributed by atoms with Crippen LogP contribution in [0, 0.1) is 0 Å². The smallest absolute Gasteiger partial charge is 0.325 e. The molecular weight excluding hydrogens is 418 g/mol. The summed E-state index contributed by atoms with van der Waals surface area (Å²) in [7, 11) is 3.08. The third-order valence-electron chi connectivity index (χ3n) is 5.55. The molecule has 168 valence electrons. The Labute approximate surface area is 192 Å². The Bertz CT molecular complexity index is 1290. The van der Waals surface area contributed by atoms with E-state index < -0.39 is 5.97 Å². The van der Waals surface area contributed by atoms with Crippen LogP contribution in [-0.2, 0) is 16.1 Å². The van der Waals surface area contributed by atoms with Crippen molar-refractivity contribution in [1.29, 1.82) is 0 Å². The van der Waals surface area contributed by atoms with E-state index in [1.165, 1.54) is 7.11 Å². The number of fused-ring (bicyclic) bond motifs is 1. The van der Waals surface area contributed by atoms with E-state index in [1.807, 2.05) is 65.2 Å². The Hall–Kier alpha value is -4.06. The van der Waals surface area contributed by atoms with Crippen LogP contribution >= 0.6 is 0 Å². The zero-order valence-electron chi connectivity index (χ0n) is 18.8. The molecule has 6 nitrogen and oxygen atoms in total. The van der Waals surface area contributed by atoms with Crippen LogP contribution in [-0.4, -0.2) is 37.6 Å². The Morgan fingerprint density at radius 3 is 2.06 bits per heavy atom. The van der Waals surface area contributed by atoms with Crippen LogP contribution in [0.15, 0.2) is 66.7 Å². The van der Waals surface area contributed by atoms with Crippen molar-refractivity contribution in [2.24, 2.45) is 0 Å². The van der Waals surface area contributed by atoms with Crippen LogP contribution in [0.3, 0.4) is 0 Å². The number of nitrogens with zero attached hydrogens (tertiary/aromatic N) is 1. The highest BCUT2D eigenvalue weighted by Gasteiger charge is 2.28. The van der Waals surface area contributed by atoms with Gasteiger partial charge in [-0.15, -0.1) is 0 Å². The monoisotopic (exact) mass is 443 g/mol. The molecule has 0 bridgehead atoms. The van der Waals surface area contributed by atoms with Crippen molar-refractivity contribution in [1.82, 2.24) is 4.57 Å². The highest BCUT2D eigenvalue weighted by molar-refractivity contribution is 6.14. The first kappa shape index (κ1) is 22.1. The molecule has 3 aromatic carbocycles. The minimum Gasteiger partial charge on any atom is -0.496 e. The standard InChI is InChI=1S/C27H25NO5/c1-4-33-23(30)16-28-26(19-13-9-6-10-14-19)24(18-11-7-5-8-12-18)25-22(32-3)15-21(31-2)20(17-29)27(25)28/h5-15,17H,4,16H2,1-3H3. The van der Waals surface area contributed by atoms with Gasteiger partial charge >= 0.3 is 5.97 Å². The maximum absolute atomic E-state index is 12.7. The van der Waals surface area contributed by atoms with E-state index in [9.17, 15) is 9.59 Å². The van der Waals surface area contributed by atoms with Gasteiger partial charge in [0.2, 0.25) is 0 Å². The van der Waals surface area contributed by atoms with E-state index in [1.54, 1.807) is 20.1 Å². The number of carbonyl (C=O) groups excluding carboxylic acids is 2. The molecule has 0 fully saturated rings. The van der Waals surface area contributed by atoms with E-state index in [0.717, 1.165) is 34.1 Å². The van der Waals surface area contributed by atoms with Crippen molar-refractivity contribution >= 4 is 23.2 Å². The van der Waals surface area contributed by atoms with E-state index in [0.29, 0.717) is 22.6 Å². The molecule has 1 aromatic heterocycles. The third kappa shape index (κ3) is 3.96. The molecule has 0 amide bonds. The number of hydrogen-bond donors (Lipinski definition) is 0. The summed E-state index contributed by atoms with van der Waals surface area (Å²) in [6.07, 6.45) is 0.756. The summed E-state index contributed by atoms with van der Waals surface area (Å²) in [4.78, 5) is 25.0. The predicted molar refractivity (Wildman–Crippen MR) is 128 cm³/mol. The van der Waals surface area contributed by atoms with Gasteiger partial charge in [-0.25, -0.2) is 0 Å². The second-order valence-electron chi connectivity index (χ2n) is 7.38. The van der Waals surface area contributed by atoms with Crippen molar-refractivity contribution in [2.45, 2.75) is 13.5 Å². The highest BCUT2D eigenvalue weighted by atomic mass is 16.5. The summed E-state index contributed by atoms with van der Waals surface area (Å²) in [6, 6.07) is 21.3. The molecule has 1 heterocycles. The SMILES string of the molecule is CCOC(=O)Cn1c(-c2ccccc2)c(-c2ccccc2)c2c(OC)cc(OC)c(C=O)c21. The number of hydrogen-bond acceptors (Lipinski definition) is 5. The van der Waals surface area contributed by atoms with Gasteiger partial charge in [0.05, 0.1) is 43.0 Å². The summed E-state index contributed by atoms with van der Waals surface area (Å²) >= 11 is 0. The normalized spacial score (nSPS) is 10.8. The van der Waals surface area contributed by atoms with Gasteiger partial charge in [0.1, 0.15) is 18.0 Å². The summed E-state index contributed by atoms with van der Waals surface area (Å²) in [5.74, 6) is 0.520. The molecule has 0 N–H and O–H groups in total. The lowest BCUT2D eigenvalue weighted by Gasteiger charge is -2.14. The van der Waals surface area contributed by atoms with Gasteiger partial charge in [0.25, 0.3) is 0 Å². The van der Waals surface area contributed by atoms with Crippen molar-refractivity contribution in [2.75, 3.05) is 20.8 Å². The van der Waals surface area contributed by atoms with Crippen LogP contribution in [0.2, 0.25) is 0 Å². The van der Waals surface area contributed by atoms with Gasteiger partial charge in [-0.05, 0) is 18.1 Å². The molecular formula is C27H25NO5. The number of aldehydes is 1. The molecule has 0 aliphatic carbocycles. The zero-order valence-corrected chi connectivity index (χ0v) is 18.8. The molecule has 0 unspecified atom stereocenters. The largest absolute Gasteiger partial charge is 0.496 e. The third-order valence-corrected chi connectivity index (χ3v) is 5.55. The average Bonchev–Trinajstić information content (AvgIpc) is 3.18. The van der Waals surface area contributed by atoms with E-state index in [-0.39, 0.29) is 13.2 Å². The maximum Gasteiger partial charge on any atom is 0.325 e. The zero-order chi connectivity index (χ0) is 23.4. The van der Waals surface area contributed by atoms with Gasteiger partial charge in [0, 0.05) is 11.6 Å². The molecule has 0 spiro atoms. The molecule has 0 radical (unpaired) electrons. The Balaban J connectivity index is 2.24. The first-order valence-electron chi connectivity index (χ1n) is 10.7. The molecule has 0 atom stereocenters. The van der Waals surface area contributed by atoms with Gasteiger partial charge in [0.15, 0.2) is 6.29 Å². The second-order valence-corrected chi connectivity index (χ2v) is 7.38.